The zero-order valence-corrected chi connectivity index (χ0v) is 12.8. The van der Waals surface area contributed by atoms with Crippen molar-refractivity contribution < 1.29 is 0 Å². The van der Waals surface area contributed by atoms with Gasteiger partial charge in [0.1, 0.15) is 0 Å². The van der Waals surface area contributed by atoms with Crippen LogP contribution in [0.4, 0.5) is 0 Å². The van der Waals surface area contributed by atoms with Crippen LogP contribution in [-0.4, -0.2) is 15.4 Å². The minimum absolute atomic E-state index is 0.158. The minimum atomic E-state index is -0.158. The molecule has 4 rings (SSSR count). The first-order valence-electron chi connectivity index (χ1n) is 7.38. The van der Waals surface area contributed by atoms with E-state index in [0.29, 0.717) is 0 Å². The summed E-state index contributed by atoms with van der Waals surface area (Å²) in [5.74, 6) is 4.94. The maximum absolute atomic E-state index is 1.71. The van der Waals surface area contributed by atoms with Crippen LogP contribution in [0.2, 0.25) is 9.50 Å². The van der Waals surface area contributed by atoms with Crippen molar-refractivity contribution in [3.05, 3.63) is 0 Å². The van der Waals surface area contributed by atoms with Crippen LogP contribution < -0.4 is 0 Å². The summed E-state index contributed by atoms with van der Waals surface area (Å²) in [6.07, 6.45) is 13.2. The van der Waals surface area contributed by atoms with E-state index in [0.717, 1.165) is 0 Å². The Morgan fingerprint density at radius 2 is 1.13 bits per heavy atom. The van der Waals surface area contributed by atoms with Gasteiger partial charge >= 0.3 is 100.0 Å². The van der Waals surface area contributed by atoms with Crippen molar-refractivity contribution in [1.29, 1.82) is 0 Å². The van der Waals surface area contributed by atoms with Crippen LogP contribution in [0.25, 0.3) is 0 Å². The van der Waals surface area contributed by atoms with Crippen molar-refractivity contribution in [1.82, 2.24) is 0 Å². The van der Waals surface area contributed by atoms with Crippen LogP contribution in [0.5, 0.6) is 0 Å². The summed E-state index contributed by atoms with van der Waals surface area (Å²) in [6, 6.07) is 0. The molecule has 0 saturated heterocycles. The third-order valence-electron chi connectivity index (χ3n) is 6.37. The van der Waals surface area contributed by atoms with E-state index in [-0.39, 0.29) is 15.4 Å². The molecule has 6 atom stereocenters. The Morgan fingerprint density at radius 3 is 1.47 bits per heavy atom. The van der Waals surface area contributed by atoms with Gasteiger partial charge in [-0.15, -0.1) is 0 Å². The van der Waals surface area contributed by atoms with E-state index in [9.17, 15) is 0 Å². The van der Waals surface area contributed by atoms with E-state index >= 15 is 0 Å². The summed E-state index contributed by atoms with van der Waals surface area (Å²) in [6.45, 7) is 0. The third-order valence-corrected chi connectivity index (χ3v) is 13.1. The van der Waals surface area contributed by atoms with Gasteiger partial charge in [-0.3, -0.25) is 0 Å². The van der Waals surface area contributed by atoms with Gasteiger partial charge < -0.3 is 0 Å². The molecule has 0 nitrogen and oxygen atoms in total. The second-order valence-corrected chi connectivity index (χ2v) is 12.5. The first kappa shape index (κ1) is 9.56. The topological polar surface area (TPSA) is 0 Å². The van der Waals surface area contributed by atoms with Gasteiger partial charge in [0, 0.05) is 0 Å². The van der Waals surface area contributed by atoms with Crippen LogP contribution in [0.1, 0.15) is 51.4 Å². The molecule has 15 heavy (non-hydrogen) atoms. The summed E-state index contributed by atoms with van der Waals surface area (Å²) < 4.78 is 2.72. The molecule has 0 aromatic heterocycles. The van der Waals surface area contributed by atoms with Gasteiger partial charge in [0.25, 0.3) is 0 Å². The summed E-state index contributed by atoms with van der Waals surface area (Å²) in [7, 11) is 0. The van der Waals surface area contributed by atoms with Gasteiger partial charge in [-0.1, -0.05) is 0 Å². The molecule has 0 spiro atoms. The molecule has 4 aliphatic rings. The Morgan fingerprint density at radius 1 is 0.600 bits per heavy atom. The number of fused-ring (bicyclic) bond motifs is 4. The average molecular weight is 265 g/mol. The Balaban J connectivity index is 1.40. The monoisotopic (exact) mass is 266 g/mol. The van der Waals surface area contributed by atoms with Crippen molar-refractivity contribution in [3.63, 3.8) is 0 Å². The zero-order valence-electron chi connectivity index (χ0n) is 9.83. The normalized spacial score (nSPS) is 57.6. The van der Waals surface area contributed by atoms with Gasteiger partial charge in [0.05, 0.1) is 0 Å². The molecule has 0 heterocycles. The van der Waals surface area contributed by atoms with Crippen molar-refractivity contribution >= 4 is 15.4 Å². The zero-order chi connectivity index (χ0) is 9.83. The van der Waals surface area contributed by atoms with Crippen molar-refractivity contribution in [2.24, 2.45) is 23.7 Å². The molecule has 0 N–H and O–H groups in total. The first-order chi connectivity index (χ1) is 7.38. The number of rotatable bonds is 2. The van der Waals surface area contributed by atoms with Gasteiger partial charge in [-0.2, -0.15) is 0 Å². The summed E-state index contributed by atoms with van der Waals surface area (Å²) >= 11 is -0.158. The molecule has 4 fully saturated rings. The quantitative estimate of drug-likeness (QED) is 0.671. The summed E-state index contributed by atoms with van der Waals surface area (Å²) in [5, 5.41) is 0. The first-order valence-corrected chi connectivity index (χ1v) is 10.8. The van der Waals surface area contributed by atoms with E-state index in [1.165, 1.54) is 33.2 Å². The SMILES string of the molecule is C1CC2CC1C[CH]2[GeH2][CH]1CC2CCC1C2. The predicted octanol–water partition coefficient (Wildman–Crippen LogP) is 3.37. The standard InChI is InChI=1S/C14H24Ge/c1-3-11-5-9(1)7-13(11)15-14-8-10-2-4-12(14)6-10/h9-14H,1-8,15H2. The summed E-state index contributed by atoms with van der Waals surface area (Å²) in [4.78, 5) is 0. The van der Waals surface area contributed by atoms with Gasteiger partial charge in [0.15, 0.2) is 0 Å². The van der Waals surface area contributed by atoms with Crippen LogP contribution in [-0.2, 0) is 0 Å². The van der Waals surface area contributed by atoms with Gasteiger partial charge in [-0.25, -0.2) is 0 Å². The molecule has 4 bridgehead atoms. The van der Waals surface area contributed by atoms with E-state index in [1.807, 2.05) is 0 Å². The van der Waals surface area contributed by atoms with Crippen LogP contribution in [0, 0.1) is 23.7 Å². The van der Waals surface area contributed by atoms with Crippen molar-refractivity contribution in [2.45, 2.75) is 60.9 Å². The average Bonchev–Trinajstić information content (AvgIpc) is 2.96. The third kappa shape index (κ3) is 1.54. The Kier molecular flexibility index (Phi) is 2.24. The number of hydrogen-bond acceptors (Lipinski definition) is 0. The van der Waals surface area contributed by atoms with E-state index in [4.69, 9.17) is 0 Å². The molecule has 0 aromatic carbocycles. The molecular weight excluding hydrogens is 241 g/mol. The Hall–Kier alpha value is 0.543. The van der Waals surface area contributed by atoms with Crippen molar-refractivity contribution in [2.75, 3.05) is 0 Å². The molecule has 1 heteroatoms. The second kappa shape index (κ2) is 3.52. The second-order valence-electron chi connectivity index (χ2n) is 7.11. The maximum atomic E-state index is 1.71. The molecule has 0 aliphatic heterocycles. The molecule has 0 amide bonds. The van der Waals surface area contributed by atoms with Gasteiger partial charge in [-0.05, 0) is 0 Å². The summed E-state index contributed by atoms with van der Waals surface area (Å²) in [5.41, 5.74) is 0. The Bertz CT molecular complexity index is 236. The van der Waals surface area contributed by atoms with E-state index < -0.39 is 0 Å². The van der Waals surface area contributed by atoms with Crippen molar-refractivity contribution in [3.8, 4) is 0 Å². The molecule has 6 unspecified atom stereocenters. The van der Waals surface area contributed by atoms with E-state index in [2.05, 4.69) is 0 Å². The van der Waals surface area contributed by atoms with Gasteiger partial charge in [0.2, 0.25) is 0 Å². The van der Waals surface area contributed by atoms with E-state index in [1.54, 1.807) is 51.4 Å². The predicted molar refractivity (Wildman–Crippen MR) is 66.9 cm³/mol. The molecular formula is C14H24Ge. The Labute approximate surface area is 100 Å². The number of hydrogen-bond donors (Lipinski definition) is 0. The van der Waals surface area contributed by atoms with Crippen LogP contribution in [0.15, 0.2) is 0 Å². The molecule has 0 radical (unpaired) electrons. The fourth-order valence-electron chi connectivity index (χ4n) is 5.72. The fourth-order valence-corrected chi connectivity index (χ4v) is 13.5. The molecule has 84 valence electrons. The molecule has 4 saturated carbocycles. The van der Waals surface area contributed by atoms with Crippen LogP contribution >= 0.6 is 0 Å². The van der Waals surface area contributed by atoms with Crippen LogP contribution in [0.3, 0.4) is 0 Å². The molecule has 4 aliphatic carbocycles. The molecule has 0 aromatic rings. The fraction of sp³-hybridized carbons (Fsp3) is 1.00.